The third-order valence-electron chi connectivity index (χ3n) is 6.05. The number of carbonyl (C=O) groups excluding carboxylic acids is 1. The number of piperazine rings is 1. The van der Waals surface area contributed by atoms with Crippen molar-refractivity contribution in [3.63, 3.8) is 0 Å². The monoisotopic (exact) mass is 460 g/mol. The fourth-order valence-electron chi connectivity index (χ4n) is 4.10. The standard InChI is InChI=1S/C24H30Cl2N4O/c1-15(2)12-22(31)29-8-10-30(11-9-29)24-20(13-18-6-7-19(25)14-21(18)26)16(3)27-23(28-24)17-4-5-17/h6-7,14-15,17H,4-5,8-13H2,1-3H3. The van der Waals surface area contributed by atoms with Crippen LogP contribution in [0, 0.1) is 12.8 Å². The van der Waals surface area contributed by atoms with E-state index >= 15 is 0 Å². The Balaban J connectivity index is 1.59. The Morgan fingerprint density at radius 2 is 1.84 bits per heavy atom. The van der Waals surface area contributed by atoms with Gasteiger partial charge in [0.15, 0.2) is 0 Å². The van der Waals surface area contributed by atoms with E-state index in [-0.39, 0.29) is 5.91 Å². The third kappa shape index (κ3) is 5.32. The quantitative estimate of drug-likeness (QED) is 0.589. The van der Waals surface area contributed by atoms with Gasteiger partial charge in [0.1, 0.15) is 11.6 Å². The van der Waals surface area contributed by atoms with E-state index < -0.39 is 0 Å². The average Bonchev–Trinajstić information content (AvgIpc) is 3.56. The number of nitrogens with zero attached hydrogens (tertiary/aromatic N) is 4. The number of carbonyl (C=O) groups is 1. The van der Waals surface area contributed by atoms with Gasteiger partial charge >= 0.3 is 0 Å². The highest BCUT2D eigenvalue weighted by atomic mass is 35.5. The normalized spacial score (nSPS) is 16.8. The van der Waals surface area contributed by atoms with Gasteiger partial charge in [0.05, 0.1) is 0 Å². The van der Waals surface area contributed by atoms with Crippen LogP contribution in [-0.2, 0) is 11.2 Å². The van der Waals surface area contributed by atoms with E-state index in [9.17, 15) is 4.79 Å². The van der Waals surface area contributed by atoms with Gasteiger partial charge in [-0.15, -0.1) is 0 Å². The van der Waals surface area contributed by atoms with E-state index in [0.717, 1.165) is 54.6 Å². The molecule has 1 aromatic carbocycles. The number of hydrogen-bond acceptors (Lipinski definition) is 4. The van der Waals surface area contributed by atoms with Crippen molar-refractivity contribution < 1.29 is 4.79 Å². The first-order valence-corrected chi connectivity index (χ1v) is 11.9. The molecule has 2 aliphatic rings. The molecule has 0 bridgehead atoms. The van der Waals surface area contributed by atoms with Crippen LogP contribution in [0.5, 0.6) is 0 Å². The van der Waals surface area contributed by atoms with Crippen molar-refractivity contribution in [3.8, 4) is 0 Å². The summed E-state index contributed by atoms with van der Waals surface area (Å²) < 4.78 is 0. The minimum Gasteiger partial charge on any atom is -0.353 e. The van der Waals surface area contributed by atoms with Gasteiger partial charge in [0.2, 0.25) is 5.91 Å². The highest BCUT2D eigenvalue weighted by molar-refractivity contribution is 6.35. The minimum atomic E-state index is 0.250. The van der Waals surface area contributed by atoms with Crippen molar-refractivity contribution in [2.24, 2.45) is 5.92 Å². The molecule has 31 heavy (non-hydrogen) atoms. The van der Waals surface area contributed by atoms with Gasteiger partial charge < -0.3 is 9.80 Å². The predicted molar refractivity (Wildman–Crippen MR) is 126 cm³/mol. The number of rotatable bonds is 6. The number of benzene rings is 1. The lowest BCUT2D eigenvalue weighted by Gasteiger charge is -2.37. The molecule has 0 spiro atoms. The number of anilines is 1. The van der Waals surface area contributed by atoms with Crippen LogP contribution in [0.25, 0.3) is 0 Å². The number of halogens is 2. The molecule has 2 heterocycles. The molecule has 1 aliphatic heterocycles. The number of hydrogen-bond donors (Lipinski definition) is 0. The van der Waals surface area contributed by atoms with E-state index in [4.69, 9.17) is 33.2 Å². The Bertz CT molecular complexity index is 966. The molecule has 4 rings (SSSR count). The van der Waals surface area contributed by atoms with Crippen LogP contribution in [-0.4, -0.2) is 47.0 Å². The van der Waals surface area contributed by atoms with Gasteiger partial charge in [-0.1, -0.05) is 43.1 Å². The Labute approximate surface area is 194 Å². The van der Waals surface area contributed by atoms with Crippen LogP contribution in [0.2, 0.25) is 10.0 Å². The van der Waals surface area contributed by atoms with Gasteiger partial charge in [-0.2, -0.15) is 0 Å². The number of aryl methyl sites for hydroxylation is 1. The molecule has 1 saturated carbocycles. The second kappa shape index (κ2) is 9.33. The van der Waals surface area contributed by atoms with Gasteiger partial charge in [0.25, 0.3) is 0 Å². The first-order chi connectivity index (χ1) is 14.8. The van der Waals surface area contributed by atoms with Gasteiger partial charge in [0, 0.05) is 66.2 Å². The molecule has 0 N–H and O–H groups in total. The largest absolute Gasteiger partial charge is 0.353 e. The highest BCUT2D eigenvalue weighted by Gasteiger charge is 2.30. The average molecular weight is 461 g/mol. The lowest BCUT2D eigenvalue weighted by Crippen LogP contribution is -2.49. The third-order valence-corrected chi connectivity index (χ3v) is 6.64. The number of amides is 1. The van der Waals surface area contributed by atoms with Crippen LogP contribution >= 0.6 is 23.2 Å². The molecule has 5 nitrogen and oxygen atoms in total. The maximum Gasteiger partial charge on any atom is 0.222 e. The maximum absolute atomic E-state index is 12.5. The fourth-order valence-corrected chi connectivity index (χ4v) is 4.57. The summed E-state index contributed by atoms with van der Waals surface area (Å²) in [7, 11) is 0. The Morgan fingerprint density at radius 3 is 2.45 bits per heavy atom. The van der Waals surface area contributed by atoms with Gasteiger partial charge in [-0.3, -0.25) is 4.79 Å². The first-order valence-electron chi connectivity index (χ1n) is 11.2. The zero-order valence-corrected chi connectivity index (χ0v) is 20.0. The van der Waals surface area contributed by atoms with E-state index in [0.29, 0.717) is 34.7 Å². The summed E-state index contributed by atoms with van der Waals surface area (Å²) in [5.41, 5.74) is 3.13. The molecule has 2 fully saturated rings. The van der Waals surface area contributed by atoms with Crippen molar-refractivity contribution in [2.45, 2.75) is 52.4 Å². The predicted octanol–water partition coefficient (Wildman–Crippen LogP) is 5.25. The van der Waals surface area contributed by atoms with Crippen LogP contribution in [0.4, 0.5) is 5.82 Å². The Hall–Kier alpha value is -1.85. The smallest absolute Gasteiger partial charge is 0.222 e. The molecule has 0 radical (unpaired) electrons. The van der Waals surface area contributed by atoms with E-state index in [1.54, 1.807) is 6.07 Å². The molecule has 0 atom stereocenters. The van der Waals surface area contributed by atoms with Crippen molar-refractivity contribution in [1.82, 2.24) is 14.9 Å². The molecule has 1 saturated heterocycles. The summed E-state index contributed by atoms with van der Waals surface area (Å²) in [6.45, 7) is 9.27. The van der Waals surface area contributed by atoms with Crippen molar-refractivity contribution in [3.05, 3.63) is 50.9 Å². The lowest BCUT2D eigenvalue weighted by atomic mass is 10.0. The molecule has 2 aromatic rings. The molecule has 1 aromatic heterocycles. The molecule has 166 valence electrons. The van der Waals surface area contributed by atoms with Crippen LogP contribution < -0.4 is 4.90 Å². The van der Waals surface area contributed by atoms with Crippen LogP contribution in [0.15, 0.2) is 18.2 Å². The molecule has 0 unspecified atom stereocenters. The molecule has 1 aliphatic carbocycles. The van der Waals surface area contributed by atoms with Crippen molar-refractivity contribution in [2.75, 3.05) is 31.1 Å². The second-order valence-electron chi connectivity index (χ2n) is 9.12. The minimum absolute atomic E-state index is 0.250. The van der Waals surface area contributed by atoms with E-state index in [1.807, 2.05) is 17.0 Å². The van der Waals surface area contributed by atoms with Crippen LogP contribution in [0.1, 0.15) is 61.7 Å². The second-order valence-corrected chi connectivity index (χ2v) is 9.97. The fraction of sp³-hybridized carbons (Fsp3) is 0.542. The first kappa shape index (κ1) is 22.3. The van der Waals surface area contributed by atoms with Crippen molar-refractivity contribution >= 4 is 34.9 Å². The number of aromatic nitrogens is 2. The summed E-state index contributed by atoms with van der Waals surface area (Å²) in [6.07, 6.45) is 3.60. The Morgan fingerprint density at radius 1 is 1.13 bits per heavy atom. The lowest BCUT2D eigenvalue weighted by molar-refractivity contribution is -0.132. The highest BCUT2D eigenvalue weighted by Crippen LogP contribution is 2.40. The Kier molecular flexibility index (Phi) is 6.73. The maximum atomic E-state index is 12.5. The molecular formula is C24H30Cl2N4O. The van der Waals surface area contributed by atoms with E-state index in [2.05, 4.69) is 25.7 Å². The molecule has 1 amide bonds. The SMILES string of the molecule is Cc1nc(C2CC2)nc(N2CCN(C(=O)CC(C)C)CC2)c1Cc1ccc(Cl)cc1Cl. The van der Waals surface area contributed by atoms with Crippen molar-refractivity contribution in [1.29, 1.82) is 0 Å². The summed E-state index contributed by atoms with van der Waals surface area (Å²) in [4.78, 5) is 26.7. The summed E-state index contributed by atoms with van der Waals surface area (Å²) in [5.74, 6) is 3.07. The van der Waals surface area contributed by atoms with Gasteiger partial charge in [-0.25, -0.2) is 9.97 Å². The van der Waals surface area contributed by atoms with Crippen LogP contribution in [0.3, 0.4) is 0 Å². The van der Waals surface area contributed by atoms with Gasteiger partial charge in [-0.05, 0) is 43.4 Å². The topological polar surface area (TPSA) is 49.3 Å². The van der Waals surface area contributed by atoms with E-state index in [1.165, 1.54) is 12.8 Å². The summed E-state index contributed by atoms with van der Waals surface area (Å²) >= 11 is 12.6. The molecule has 7 heteroatoms. The zero-order chi connectivity index (χ0) is 22.1. The zero-order valence-electron chi connectivity index (χ0n) is 18.5. The summed E-state index contributed by atoms with van der Waals surface area (Å²) in [6, 6.07) is 5.63. The molecular weight excluding hydrogens is 431 g/mol. The summed E-state index contributed by atoms with van der Waals surface area (Å²) in [5, 5.41) is 1.29.